The minimum absolute atomic E-state index is 0.0660. The number of nitrogens with one attached hydrogen (secondary N) is 1. The highest BCUT2D eigenvalue weighted by molar-refractivity contribution is 5.94. The van der Waals surface area contributed by atoms with E-state index in [0.29, 0.717) is 35.0 Å². The Bertz CT molecular complexity index is 1050. The van der Waals surface area contributed by atoms with Crippen LogP contribution in [0, 0.1) is 0 Å². The van der Waals surface area contributed by atoms with Crippen LogP contribution in [-0.4, -0.2) is 40.3 Å². The van der Waals surface area contributed by atoms with E-state index in [-0.39, 0.29) is 5.76 Å². The molecule has 0 aliphatic rings. The molecule has 1 unspecified atom stereocenters. The van der Waals surface area contributed by atoms with Gasteiger partial charge in [0.1, 0.15) is 23.0 Å². The number of methoxy groups -OCH3 is 4. The molecule has 0 saturated heterocycles. The van der Waals surface area contributed by atoms with Gasteiger partial charge in [-0.1, -0.05) is 30.3 Å². The molecule has 3 aromatic rings. The smallest absolute Gasteiger partial charge is 0.333 e. The Kier molecular flexibility index (Phi) is 7.38. The molecule has 8 nitrogen and oxygen atoms in total. The summed E-state index contributed by atoms with van der Waals surface area (Å²) in [7, 11) is 5.93. The Morgan fingerprint density at radius 2 is 1.56 bits per heavy atom. The van der Waals surface area contributed by atoms with Gasteiger partial charge in [-0.3, -0.25) is 4.79 Å². The molecule has 168 valence electrons. The molecule has 1 heterocycles. The lowest BCUT2D eigenvalue weighted by Crippen LogP contribution is -2.34. The maximum Gasteiger partial charge on any atom is 0.333 e. The van der Waals surface area contributed by atoms with Crippen LogP contribution in [0.15, 0.2) is 59.0 Å². The Hall–Kier alpha value is -3.94. The molecule has 0 aliphatic heterocycles. The van der Waals surface area contributed by atoms with Crippen molar-refractivity contribution in [1.82, 2.24) is 5.32 Å². The van der Waals surface area contributed by atoms with Gasteiger partial charge in [-0.05, 0) is 17.7 Å². The maximum absolute atomic E-state index is 12.8. The summed E-state index contributed by atoms with van der Waals surface area (Å²) in [4.78, 5) is 25.0. The second kappa shape index (κ2) is 10.4. The molecule has 2 aromatic carbocycles. The highest BCUT2D eigenvalue weighted by Crippen LogP contribution is 2.35. The summed E-state index contributed by atoms with van der Waals surface area (Å²) in [6, 6.07) is 14.6. The zero-order valence-electron chi connectivity index (χ0n) is 18.3. The van der Waals surface area contributed by atoms with Gasteiger partial charge >= 0.3 is 5.97 Å². The van der Waals surface area contributed by atoms with Crippen molar-refractivity contribution in [2.45, 2.75) is 12.5 Å². The predicted octanol–water partition coefficient (Wildman–Crippen LogP) is 3.54. The van der Waals surface area contributed by atoms with Gasteiger partial charge < -0.3 is 28.7 Å². The molecule has 0 fully saturated rings. The second-order valence-corrected chi connectivity index (χ2v) is 6.79. The van der Waals surface area contributed by atoms with Crippen LogP contribution in [0.1, 0.15) is 33.5 Å². The number of furan rings is 1. The van der Waals surface area contributed by atoms with Gasteiger partial charge in [0.05, 0.1) is 28.4 Å². The standard InChI is InChI=1S/C24H25NO7/c1-28-17-13-20(29-2)18(21(14-17)30-3)12-16-10-11-19(32-16)23(26)25-22(24(27)31-4)15-8-6-5-7-9-15/h5-11,13-14,22H,12H2,1-4H3,(H,25,26). The number of carbonyl (C=O) groups excluding carboxylic acids is 2. The van der Waals surface area contributed by atoms with Crippen LogP contribution in [0.4, 0.5) is 0 Å². The molecule has 0 spiro atoms. The van der Waals surface area contributed by atoms with Gasteiger partial charge in [0.25, 0.3) is 5.91 Å². The Labute approximate surface area is 186 Å². The van der Waals surface area contributed by atoms with Crippen molar-refractivity contribution in [2.24, 2.45) is 0 Å². The van der Waals surface area contributed by atoms with Crippen LogP contribution in [0.25, 0.3) is 0 Å². The summed E-state index contributed by atoms with van der Waals surface area (Å²) in [5.41, 5.74) is 1.35. The van der Waals surface area contributed by atoms with Crippen LogP contribution >= 0.6 is 0 Å². The van der Waals surface area contributed by atoms with E-state index in [4.69, 9.17) is 23.4 Å². The van der Waals surface area contributed by atoms with Crippen molar-refractivity contribution in [1.29, 1.82) is 0 Å². The van der Waals surface area contributed by atoms with E-state index in [2.05, 4.69) is 5.32 Å². The normalized spacial score (nSPS) is 11.4. The third-order valence-electron chi connectivity index (χ3n) is 4.90. The first-order valence-corrected chi connectivity index (χ1v) is 9.82. The first-order valence-electron chi connectivity index (χ1n) is 9.82. The van der Waals surface area contributed by atoms with Crippen LogP contribution < -0.4 is 19.5 Å². The Morgan fingerprint density at radius 1 is 0.906 bits per heavy atom. The fourth-order valence-corrected chi connectivity index (χ4v) is 3.27. The molecule has 3 rings (SSSR count). The lowest BCUT2D eigenvalue weighted by atomic mass is 10.1. The number of benzene rings is 2. The average Bonchev–Trinajstić information content (AvgIpc) is 3.31. The molecule has 1 N–H and O–H groups in total. The lowest BCUT2D eigenvalue weighted by Gasteiger charge is -2.16. The number of hydrogen-bond donors (Lipinski definition) is 1. The second-order valence-electron chi connectivity index (χ2n) is 6.79. The Balaban J connectivity index is 1.81. The van der Waals surface area contributed by atoms with Crippen molar-refractivity contribution in [3.05, 3.63) is 77.2 Å². The Morgan fingerprint density at radius 3 is 2.12 bits per heavy atom. The SMILES string of the molecule is COC(=O)C(NC(=O)c1ccc(Cc2c(OC)cc(OC)cc2OC)o1)c1ccccc1. The molecule has 0 aliphatic carbocycles. The van der Waals surface area contributed by atoms with Gasteiger partial charge in [0.15, 0.2) is 11.8 Å². The van der Waals surface area contributed by atoms with Crippen molar-refractivity contribution < 1.29 is 33.0 Å². The van der Waals surface area contributed by atoms with E-state index in [1.807, 2.05) is 6.07 Å². The summed E-state index contributed by atoms with van der Waals surface area (Å²) >= 11 is 0. The van der Waals surface area contributed by atoms with Gasteiger partial charge in [-0.25, -0.2) is 4.79 Å². The van der Waals surface area contributed by atoms with E-state index in [0.717, 1.165) is 5.56 Å². The van der Waals surface area contributed by atoms with Crippen LogP contribution in [0.3, 0.4) is 0 Å². The molecule has 0 bridgehead atoms. The van der Waals surface area contributed by atoms with Crippen molar-refractivity contribution in [3.8, 4) is 17.2 Å². The number of carbonyl (C=O) groups is 2. The minimum atomic E-state index is -0.955. The summed E-state index contributed by atoms with van der Waals surface area (Å²) in [6.07, 6.45) is 0.322. The molecular formula is C24H25NO7. The summed E-state index contributed by atoms with van der Waals surface area (Å²) in [6.45, 7) is 0. The third kappa shape index (κ3) is 5.03. The van der Waals surface area contributed by atoms with Crippen LogP contribution in [0.5, 0.6) is 17.2 Å². The summed E-state index contributed by atoms with van der Waals surface area (Å²) in [5, 5.41) is 2.66. The molecule has 1 aromatic heterocycles. The van der Waals surface area contributed by atoms with E-state index in [1.165, 1.54) is 7.11 Å². The van der Waals surface area contributed by atoms with Gasteiger partial charge in [-0.2, -0.15) is 0 Å². The quantitative estimate of drug-likeness (QED) is 0.510. The van der Waals surface area contributed by atoms with E-state index in [1.54, 1.807) is 69.9 Å². The van der Waals surface area contributed by atoms with Gasteiger partial charge in [-0.15, -0.1) is 0 Å². The third-order valence-corrected chi connectivity index (χ3v) is 4.90. The molecular weight excluding hydrogens is 414 g/mol. The largest absolute Gasteiger partial charge is 0.496 e. The predicted molar refractivity (Wildman–Crippen MR) is 116 cm³/mol. The maximum atomic E-state index is 12.8. The summed E-state index contributed by atoms with van der Waals surface area (Å²) in [5.74, 6) is 1.20. The molecule has 1 amide bonds. The van der Waals surface area contributed by atoms with Crippen molar-refractivity contribution in [3.63, 3.8) is 0 Å². The number of rotatable bonds is 9. The van der Waals surface area contributed by atoms with Gasteiger partial charge in [0.2, 0.25) is 0 Å². The number of esters is 1. The number of ether oxygens (including phenoxy) is 4. The number of hydrogen-bond acceptors (Lipinski definition) is 7. The fraction of sp³-hybridized carbons (Fsp3) is 0.250. The van der Waals surface area contributed by atoms with Crippen molar-refractivity contribution >= 4 is 11.9 Å². The molecule has 1 atom stereocenters. The minimum Gasteiger partial charge on any atom is -0.496 e. The fourth-order valence-electron chi connectivity index (χ4n) is 3.27. The first kappa shape index (κ1) is 22.7. The van der Waals surface area contributed by atoms with Crippen LogP contribution in [0.2, 0.25) is 0 Å². The van der Waals surface area contributed by atoms with Gasteiger partial charge in [0, 0.05) is 24.1 Å². The number of amides is 1. The highest BCUT2D eigenvalue weighted by atomic mass is 16.5. The first-order chi connectivity index (χ1) is 15.5. The average molecular weight is 439 g/mol. The zero-order valence-corrected chi connectivity index (χ0v) is 18.3. The van der Waals surface area contributed by atoms with E-state index in [9.17, 15) is 9.59 Å². The molecule has 32 heavy (non-hydrogen) atoms. The molecule has 8 heteroatoms. The molecule has 0 saturated carbocycles. The summed E-state index contributed by atoms with van der Waals surface area (Å²) < 4.78 is 26.8. The monoisotopic (exact) mass is 439 g/mol. The lowest BCUT2D eigenvalue weighted by molar-refractivity contribution is -0.143. The molecule has 0 radical (unpaired) electrons. The van der Waals surface area contributed by atoms with Crippen molar-refractivity contribution in [2.75, 3.05) is 28.4 Å². The zero-order chi connectivity index (χ0) is 23.1. The van der Waals surface area contributed by atoms with E-state index >= 15 is 0 Å². The highest BCUT2D eigenvalue weighted by Gasteiger charge is 2.25. The topological polar surface area (TPSA) is 96.2 Å². The van der Waals surface area contributed by atoms with E-state index < -0.39 is 17.9 Å². The van der Waals surface area contributed by atoms with Crippen LogP contribution in [-0.2, 0) is 16.0 Å².